The SMILES string of the molecule is CC1(O)C2CC3CC(C2)CC1C3.CC1(OC(=O)C(F)(F)C(F)(F)C(=O)OC2(C)C3CC4CC(C3)CC2C4)C2CC3CC(C2)CC1C3.O=C1OC(=O)C(F)(F)C1(F)F. The van der Waals surface area contributed by atoms with Crippen LogP contribution in [0.15, 0.2) is 0 Å². The number of carbonyl (C=O) groups is 4. The topological polar surface area (TPSA) is 116 Å². The van der Waals surface area contributed by atoms with E-state index in [9.17, 15) is 59.4 Å². The molecule has 0 atom stereocenters. The summed E-state index contributed by atoms with van der Waals surface area (Å²) in [5, 5.41) is 10.3. The summed E-state index contributed by atoms with van der Waals surface area (Å²) in [6.45, 7) is 5.31. The summed E-state index contributed by atoms with van der Waals surface area (Å²) in [5.74, 6) is -25.4. The lowest BCUT2D eigenvalue weighted by molar-refractivity contribution is -0.269. The van der Waals surface area contributed by atoms with Crippen molar-refractivity contribution in [2.45, 2.75) is 158 Å². The number of aliphatic hydroxyl groups is 1. The molecular formula is C41H52F8O8. The fourth-order valence-corrected chi connectivity index (χ4v) is 14.0. The molecule has 57 heavy (non-hydrogen) atoms. The van der Waals surface area contributed by atoms with Gasteiger partial charge in [-0.05, 0) is 188 Å². The van der Waals surface area contributed by atoms with Crippen LogP contribution in [-0.4, -0.2) is 69.5 Å². The molecule has 1 aliphatic heterocycles. The zero-order chi connectivity index (χ0) is 41.5. The van der Waals surface area contributed by atoms with E-state index in [4.69, 9.17) is 9.47 Å². The van der Waals surface area contributed by atoms with E-state index < -0.39 is 58.8 Å². The number of hydrogen-bond acceptors (Lipinski definition) is 8. The highest BCUT2D eigenvalue weighted by atomic mass is 19.3. The van der Waals surface area contributed by atoms with E-state index in [-0.39, 0.29) is 29.3 Å². The van der Waals surface area contributed by atoms with Gasteiger partial charge < -0.3 is 19.3 Å². The Labute approximate surface area is 325 Å². The summed E-state index contributed by atoms with van der Waals surface area (Å²) in [4.78, 5) is 44.8. The molecule has 0 amide bonds. The molecule has 320 valence electrons. The lowest BCUT2D eigenvalue weighted by atomic mass is 9.50. The van der Waals surface area contributed by atoms with Gasteiger partial charge in [0.15, 0.2) is 0 Å². The summed E-state index contributed by atoms with van der Waals surface area (Å²) in [5.41, 5.74) is -2.68. The monoisotopic (exact) mass is 824 g/mol. The van der Waals surface area contributed by atoms with Crippen molar-refractivity contribution in [3.05, 3.63) is 0 Å². The molecule has 13 aliphatic rings. The van der Waals surface area contributed by atoms with Crippen molar-refractivity contribution < 1.29 is 73.6 Å². The molecular weight excluding hydrogens is 772 g/mol. The largest absolute Gasteiger partial charge is 0.454 e. The van der Waals surface area contributed by atoms with Crippen LogP contribution < -0.4 is 0 Å². The van der Waals surface area contributed by atoms with Crippen molar-refractivity contribution in [1.82, 2.24) is 0 Å². The number of esters is 4. The Kier molecular flexibility index (Phi) is 9.57. The van der Waals surface area contributed by atoms with Crippen molar-refractivity contribution in [3.63, 3.8) is 0 Å². The second-order valence-corrected chi connectivity index (χ2v) is 20.3. The van der Waals surface area contributed by atoms with Gasteiger partial charge in [0.2, 0.25) is 0 Å². The fourth-order valence-electron chi connectivity index (χ4n) is 14.0. The number of alkyl halides is 8. The Morgan fingerprint density at radius 1 is 0.509 bits per heavy atom. The van der Waals surface area contributed by atoms with E-state index in [1.807, 2.05) is 0 Å². The zero-order valence-electron chi connectivity index (χ0n) is 32.4. The average molecular weight is 825 g/mol. The van der Waals surface area contributed by atoms with E-state index in [0.717, 1.165) is 76.0 Å². The molecule has 12 saturated carbocycles. The Bertz CT molecular complexity index is 1490. The minimum absolute atomic E-state index is 0.101. The van der Waals surface area contributed by atoms with Gasteiger partial charge in [-0.25, -0.2) is 19.2 Å². The predicted molar refractivity (Wildman–Crippen MR) is 182 cm³/mol. The van der Waals surface area contributed by atoms with Gasteiger partial charge in [0, 0.05) is 0 Å². The molecule has 0 aromatic rings. The van der Waals surface area contributed by atoms with Crippen molar-refractivity contribution in [2.24, 2.45) is 71.0 Å². The van der Waals surface area contributed by atoms with E-state index in [0.29, 0.717) is 35.5 Å². The van der Waals surface area contributed by atoms with Crippen molar-refractivity contribution in [1.29, 1.82) is 0 Å². The summed E-state index contributed by atoms with van der Waals surface area (Å²) in [7, 11) is 0. The summed E-state index contributed by atoms with van der Waals surface area (Å²) in [6.07, 6.45) is 15.1. The molecule has 0 radical (unpaired) electrons. The first-order valence-electron chi connectivity index (χ1n) is 20.8. The maximum atomic E-state index is 14.9. The highest BCUT2D eigenvalue weighted by Crippen LogP contribution is 2.62. The van der Waals surface area contributed by atoms with Crippen LogP contribution in [0.1, 0.15) is 117 Å². The van der Waals surface area contributed by atoms with Gasteiger partial charge in [-0.1, -0.05) is 0 Å². The van der Waals surface area contributed by atoms with Crippen molar-refractivity contribution in [3.8, 4) is 0 Å². The van der Waals surface area contributed by atoms with Crippen LogP contribution in [0.25, 0.3) is 0 Å². The first-order valence-corrected chi connectivity index (χ1v) is 20.8. The standard InChI is InChI=1S/C26H34F4O4.C11H18O.C4F4O3/c1-23(17-5-13-3-14(7-17)8-18(23)6-13)33-21(31)25(27,28)26(29,30)22(32)34-24(2)19-9-15-4-16(11-19)12-20(24)10-15;1-11(12)9-3-7-2-8(5-9)6-10(11)4-7;5-3(6)1(9)11-2(10)4(3,7)8/h13-20H,3-12H2,1-2H3;7-10,12H,2-6H2,1H3;. The summed E-state index contributed by atoms with van der Waals surface area (Å²) in [6, 6.07) is 0. The molecule has 8 nitrogen and oxygen atoms in total. The Hall–Kier alpha value is -2.52. The molecule has 13 rings (SSSR count). The molecule has 1 heterocycles. The van der Waals surface area contributed by atoms with Gasteiger partial charge in [0.05, 0.1) is 5.60 Å². The number of rotatable bonds is 5. The van der Waals surface area contributed by atoms with Crippen LogP contribution in [0.2, 0.25) is 0 Å². The zero-order valence-corrected chi connectivity index (χ0v) is 32.4. The molecule has 16 heteroatoms. The fraction of sp³-hybridized carbons (Fsp3) is 0.902. The van der Waals surface area contributed by atoms with Gasteiger partial charge in [-0.15, -0.1) is 0 Å². The van der Waals surface area contributed by atoms with Crippen LogP contribution in [0.5, 0.6) is 0 Å². The van der Waals surface area contributed by atoms with E-state index in [2.05, 4.69) is 11.7 Å². The predicted octanol–water partition coefficient (Wildman–Crippen LogP) is 8.31. The van der Waals surface area contributed by atoms with Crippen LogP contribution in [0.4, 0.5) is 35.1 Å². The van der Waals surface area contributed by atoms with Gasteiger partial charge in [-0.2, -0.15) is 35.1 Å². The minimum atomic E-state index is -5.29. The van der Waals surface area contributed by atoms with Crippen LogP contribution in [0.3, 0.4) is 0 Å². The first-order chi connectivity index (χ1) is 26.3. The van der Waals surface area contributed by atoms with Gasteiger partial charge in [0.1, 0.15) is 11.2 Å². The first kappa shape index (κ1) is 41.2. The van der Waals surface area contributed by atoms with Crippen molar-refractivity contribution >= 4 is 23.9 Å². The van der Waals surface area contributed by atoms with Gasteiger partial charge in [-0.3, -0.25) is 0 Å². The molecule has 0 aromatic heterocycles. The van der Waals surface area contributed by atoms with Crippen LogP contribution in [-0.2, 0) is 33.4 Å². The average Bonchev–Trinajstić information content (AvgIpc) is 3.25. The molecule has 12 aliphatic carbocycles. The molecule has 13 fully saturated rings. The second kappa shape index (κ2) is 13.2. The molecule has 0 spiro atoms. The lowest BCUT2D eigenvalue weighted by Crippen LogP contribution is -2.63. The maximum Gasteiger partial charge on any atom is 0.416 e. The van der Waals surface area contributed by atoms with Gasteiger partial charge in [0.25, 0.3) is 0 Å². The second-order valence-electron chi connectivity index (χ2n) is 20.3. The highest BCUT2D eigenvalue weighted by molar-refractivity contribution is 6.03. The van der Waals surface area contributed by atoms with E-state index >= 15 is 0 Å². The molecule has 1 saturated heterocycles. The maximum absolute atomic E-state index is 14.9. The van der Waals surface area contributed by atoms with E-state index in [1.165, 1.54) is 32.1 Å². The lowest BCUT2D eigenvalue weighted by Gasteiger charge is -2.59. The summed E-state index contributed by atoms with van der Waals surface area (Å²) < 4.78 is 121. The normalized spacial score (nSPS) is 47.4. The Balaban J connectivity index is 0.000000160. The van der Waals surface area contributed by atoms with Crippen LogP contribution in [0, 0.1) is 71.0 Å². The number of hydrogen-bond donors (Lipinski definition) is 1. The molecule has 0 unspecified atom stereocenters. The summed E-state index contributed by atoms with van der Waals surface area (Å²) >= 11 is 0. The third-order valence-electron chi connectivity index (χ3n) is 16.9. The smallest absolute Gasteiger partial charge is 0.416 e. The van der Waals surface area contributed by atoms with Gasteiger partial charge >= 0.3 is 47.6 Å². The quantitative estimate of drug-likeness (QED) is 0.128. The van der Waals surface area contributed by atoms with Crippen molar-refractivity contribution in [2.75, 3.05) is 0 Å². The third-order valence-corrected chi connectivity index (χ3v) is 16.9. The molecule has 12 bridgehead atoms. The molecule has 1 N–H and O–H groups in total. The highest BCUT2D eigenvalue weighted by Gasteiger charge is 2.76. The number of carbonyl (C=O) groups excluding carboxylic acids is 4. The Morgan fingerprint density at radius 3 is 0.947 bits per heavy atom. The third kappa shape index (κ3) is 6.34. The van der Waals surface area contributed by atoms with E-state index in [1.54, 1.807) is 13.8 Å². The number of halogens is 8. The Morgan fingerprint density at radius 2 is 0.737 bits per heavy atom. The number of ether oxygens (including phenoxy) is 3. The minimum Gasteiger partial charge on any atom is -0.454 e. The van der Waals surface area contributed by atoms with Crippen LogP contribution >= 0.6 is 0 Å². The molecule has 0 aromatic carbocycles. The number of cyclic esters (lactones) is 2.